The number of benzene rings is 2. The Labute approximate surface area is 168 Å². The zero-order valence-electron chi connectivity index (χ0n) is 14.6. The molecular formula is C17H13ClF3N3O4S. The fraction of sp³-hybridized carbons (Fsp3) is 0.176. The van der Waals surface area contributed by atoms with Gasteiger partial charge in [0.05, 0.1) is 10.6 Å². The second kappa shape index (κ2) is 7.01. The largest absolute Gasteiger partial charge is 0.435 e. The van der Waals surface area contributed by atoms with E-state index in [1.54, 1.807) is 6.92 Å². The lowest BCUT2D eigenvalue weighted by molar-refractivity contribution is -0.194. The number of aryl methyl sites for hydroxylation is 1. The van der Waals surface area contributed by atoms with Crippen molar-refractivity contribution < 1.29 is 31.2 Å². The minimum absolute atomic E-state index is 0.196. The SMILES string of the molecule is Cc1ccc(S(=O)(=O)NC2(C(F)(F)F)NC(=O)N(c3ccc(Cl)cc3)C2=O)cc1. The maximum absolute atomic E-state index is 13.9. The predicted octanol–water partition coefficient (Wildman–Crippen LogP) is 2.94. The molecule has 1 atom stereocenters. The molecule has 0 radical (unpaired) electrons. The van der Waals surface area contributed by atoms with Gasteiger partial charge in [-0.25, -0.2) is 18.1 Å². The molecule has 2 N–H and O–H groups in total. The van der Waals surface area contributed by atoms with Crippen LogP contribution in [0.25, 0.3) is 0 Å². The van der Waals surface area contributed by atoms with Crippen molar-refractivity contribution in [2.24, 2.45) is 0 Å². The summed E-state index contributed by atoms with van der Waals surface area (Å²) in [5, 5.41) is 1.67. The quantitative estimate of drug-likeness (QED) is 0.704. The van der Waals surface area contributed by atoms with E-state index < -0.39 is 38.7 Å². The Morgan fingerprint density at radius 3 is 2.10 bits per heavy atom. The number of urea groups is 1. The number of nitrogens with zero attached hydrogens (tertiary/aromatic N) is 1. The first kappa shape index (κ1) is 21.1. The molecule has 1 heterocycles. The molecule has 3 rings (SSSR count). The summed E-state index contributed by atoms with van der Waals surface area (Å²) < 4.78 is 68.1. The highest BCUT2D eigenvalue weighted by molar-refractivity contribution is 7.89. The van der Waals surface area contributed by atoms with Crippen molar-refractivity contribution in [3.8, 4) is 0 Å². The summed E-state index contributed by atoms with van der Waals surface area (Å²) in [6, 6.07) is 8.32. The van der Waals surface area contributed by atoms with Crippen LogP contribution in [0.2, 0.25) is 5.02 Å². The molecule has 154 valence electrons. The number of halogens is 4. The minimum Gasteiger partial charge on any atom is -0.302 e. The third kappa shape index (κ3) is 3.68. The van der Waals surface area contributed by atoms with Gasteiger partial charge in [-0.3, -0.25) is 4.79 Å². The van der Waals surface area contributed by atoms with Crippen molar-refractivity contribution in [3.63, 3.8) is 0 Å². The number of imide groups is 1. The predicted molar refractivity (Wildman–Crippen MR) is 97.8 cm³/mol. The number of sulfonamides is 1. The maximum Gasteiger partial charge on any atom is 0.435 e. The van der Waals surface area contributed by atoms with Gasteiger partial charge < -0.3 is 5.32 Å². The average molecular weight is 448 g/mol. The highest BCUT2D eigenvalue weighted by Gasteiger charge is 2.69. The van der Waals surface area contributed by atoms with Gasteiger partial charge in [0.25, 0.3) is 11.6 Å². The smallest absolute Gasteiger partial charge is 0.302 e. The van der Waals surface area contributed by atoms with Crippen molar-refractivity contribution in [1.82, 2.24) is 10.0 Å². The lowest BCUT2D eigenvalue weighted by atomic mass is 10.1. The molecule has 12 heteroatoms. The molecule has 1 aliphatic rings. The number of anilines is 1. The van der Waals surface area contributed by atoms with Crippen molar-refractivity contribution in [3.05, 3.63) is 59.1 Å². The Morgan fingerprint density at radius 1 is 1.03 bits per heavy atom. The summed E-state index contributed by atoms with van der Waals surface area (Å²) in [5.74, 6) is -1.84. The Balaban J connectivity index is 2.06. The van der Waals surface area contributed by atoms with E-state index >= 15 is 0 Å². The number of carbonyl (C=O) groups is 2. The number of amides is 3. The van der Waals surface area contributed by atoms with Crippen LogP contribution in [-0.2, 0) is 14.8 Å². The first-order valence-corrected chi connectivity index (χ1v) is 9.83. The molecule has 0 aliphatic carbocycles. The maximum atomic E-state index is 13.9. The second-order valence-corrected chi connectivity index (χ2v) is 8.33. The minimum atomic E-state index is -5.47. The van der Waals surface area contributed by atoms with Gasteiger partial charge in [0, 0.05) is 5.02 Å². The summed E-state index contributed by atoms with van der Waals surface area (Å²) in [4.78, 5) is 24.6. The second-order valence-electron chi connectivity index (χ2n) is 6.21. The first-order chi connectivity index (χ1) is 13.4. The molecule has 0 bridgehead atoms. The summed E-state index contributed by atoms with van der Waals surface area (Å²) >= 11 is 5.71. The van der Waals surface area contributed by atoms with Gasteiger partial charge in [0.15, 0.2) is 0 Å². The molecule has 1 saturated heterocycles. The van der Waals surface area contributed by atoms with Crippen LogP contribution in [0.5, 0.6) is 0 Å². The zero-order chi connectivity index (χ0) is 21.6. The molecule has 29 heavy (non-hydrogen) atoms. The van der Waals surface area contributed by atoms with Gasteiger partial charge in [-0.15, -0.1) is 0 Å². The van der Waals surface area contributed by atoms with Gasteiger partial charge in [-0.1, -0.05) is 29.3 Å². The van der Waals surface area contributed by atoms with Gasteiger partial charge in [0.2, 0.25) is 10.0 Å². The number of nitrogens with one attached hydrogen (secondary N) is 2. The summed E-state index contributed by atoms with van der Waals surface area (Å²) in [5.41, 5.74) is -3.40. The summed E-state index contributed by atoms with van der Waals surface area (Å²) in [6.07, 6.45) is -5.47. The van der Waals surface area contributed by atoms with Gasteiger partial charge >= 0.3 is 12.2 Å². The van der Waals surface area contributed by atoms with Gasteiger partial charge in [0.1, 0.15) is 0 Å². The molecule has 2 aromatic carbocycles. The van der Waals surface area contributed by atoms with E-state index in [2.05, 4.69) is 0 Å². The molecule has 1 unspecified atom stereocenters. The zero-order valence-corrected chi connectivity index (χ0v) is 16.2. The molecule has 1 fully saturated rings. The first-order valence-electron chi connectivity index (χ1n) is 7.97. The highest BCUT2D eigenvalue weighted by atomic mass is 35.5. The fourth-order valence-electron chi connectivity index (χ4n) is 2.65. The average Bonchev–Trinajstić information content (AvgIpc) is 2.87. The summed E-state index contributed by atoms with van der Waals surface area (Å²) in [6.45, 7) is 1.66. The van der Waals surface area contributed by atoms with E-state index in [4.69, 9.17) is 11.6 Å². The number of rotatable bonds is 4. The Kier molecular flexibility index (Phi) is 5.10. The van der Waals surface area contributed by atoms with Crippen LogP contribution in [0.1, 0.15) is 5.56 Å². The summed E-state index contributed by atoms with van der Waals surface area (Å²) in [7, 11) is -4.82. The van der Waals surface area contributed by atoms with Gasteiger partial charge in [-0.05, 0) is 43.3 Å². The van der Waals surface area contributed by atoms with Crippen molar-refractivity contribution >= 4 is 39.2 Å². The van der Waals surface area contributed by atoms with E-state index in [0.29, 0.717) is 5.56 Å². The van der Waals surface area contributed by atoms with E-state index in [9.17, 15) is 31.2 Å². The van der Waals surface area contributed by atoms with Crippen molar-refractivity contribution in [2.45, 2.75) is 23.7 Å². The Hall–Kier alpha value is -2.63. The Bertz CT molecular complexity index is 1070. The molecule has 0 aromatic heterocycles. The van der Waals surface area contributed by atoms with Crippen LogP contribution < -0.4 is 14.9 Å². The molecule has 1 aliphatic heterocycles. The third-order valence-electron chi connectivity index (χ3n) is 4.15. The van der Waals surface area contributed by atoms with Crippen molar-refractivity contribution in [2.75, 3.05) is 4.90 Å². The van der Waals surface area contributed by atoms with E-state index in [1.807, 2.05) is 0 Å². The van der Waals surface area contributed by atoms with Gasteiger partial charge in [-0.2, -0.15) is 17.9 Å². The molecule has 3 amide bonds. The van der Waals surface area contributed by atoms with Crippen LogP contribution in [0.15, 0.2) is 53.4 Å². The molecule has 0 spiro atoms. The number of carbonyl (C=O) groups excluding carboxylic acids is 2. The lowest BCUT2D eigenvalue weighted by Crippen LogP contribution is -2.69. The molecular weight excluding hydrogens is 435 g/mol. The molecule has 7 nitrogen and oxygen atoms in total. The highest BCUT2D eigenvalue weighted by Crippen LogP contribution is 2.37. The van der Waals surface area contributed by atoms with Crippen LogP contribution in [0, 0.1) is 6.92 Å². The standard InChI is InChI=1S/C17H13ClF3N3O4S/c1-10-2-8-13(9-3-10)29(27,28)23-16(17(19,20)21)14(25)24(15(26)22-16)12-6-4-11(18)5-7-12/h2-9,23H,1H3,(H,22,26). The van der Waals surface area contributed by atoms with Crippen LogP contribution in [0.3, 0.4) is 0 Å². The van der Waals surface area contributed by atoms with E-state index in [-0.39, 0.29) is 15.6 Å². The molecule has 0 saturated carbocycles. The van der Waals surface area contributed by atoms with Crippen molar-refractivity contribution in [1.29, 1.82) is 0 Å². The van der Waals surface area contributed by atoms with E-state index in [0.717, 1.165) is 24.3 Å². The number of hydrogen-bond donors (Lipinski definition) is 2. The van der Waals surface area contributed by atoms with Crippen LogP contribution in [0.4, 0.5) is 23.7 Å². The normalized spacial score (nSPS) is 20.1. The third-order valence-corrected chi connectivity index (χ3v) is 5.87. The van der Waals surface area contributed by atoms with E-state index in [1.165, 1.54) is 34.3 Å². The monoisotopic (exact) mass is 447 g/mol. The molecule has 2 aromatic rings. The number of hydrogen-bond acceptors (Lipinski definition) is 4. The van der Waals surface area contributed by atoms with Crippen LogP contribution in [-0.4, -0.2) is 32.2 Å². The number of alkyl halides is 3. The fourth-order valence-corrected chi connectivity index (χ4v) is 4.05. The Morgan fingerprint density at radius 2 is 1.59 bits per heavy atom. The van der Waals surface area contributed by atoms with Crippen LogP contribution >= 0.6 is 11.6 Å². The lowest BCUT2D eigenvalue weighted by Gasteiger charge is -2.29. The topological polar surface area (TPSA) is 95.6 Å².